The molecular weight excluding hydrogens is 272 g/mol. The average Bonchev–Trinajstić information content (AvgIpc) is 2.74. The summed E-state index contributed by atoms with van der Waals surface area (Å²) in [7, 11) is 0. The first-order valence-electron chi connectivity index (χ1n) is 5.60. The van der Waals surface area contributed by atoms with Gasteiger partial charge in [-0.15, -0.1) is 0 Å². The minimum absolute atomic E-state index is 0.0890. The van der Waals surface area contributed by atoms with Crippen molar-refractivity contribution < 1.29 is 24.2 Å². The highest BCUT2D eigenvalue weighted by atomic mass is 32.1. The van der Waals surface area contributed by atoms with Crippen LogP contribution >= 0.6 is 11.3 Å². The smallest absolute Gasteiger partial charge is 0.356 e. The fourth-order valence-corrected chi connectivity index (χ4v) is 2.16. The predicted octanol–water partition coefficient (Wildman–Crippen LogP) is 1.41. The average molecular weight is 286 g/mol. The van der Waals surface area contributed by atoms with Gasteiger partial charge in [0.15, 0.2) is 16.6 Å². The van der Waals surface area contributed by atoms with Gasteiger partial charge in [0.05, 0.1) is 13.0 Å². The molecule has 1 rings (SSSR count). The summed E-state index contributed by atoms with van der Waals surface area (Å²) >= 11 is 0.956. The number of hydrogen-bond donors (Lipinski definition) is 2. The molecule has 19 heavy (non-hydrogen) atoms. The number of carboxylic acids is 1. The standard InChI is InChI=1S/C11H14N2O5S/c1-3-18-7(15)4-5-12-11-13-8(10(16)17)9(19-11)6(2)14/h3-5H2,1-2H3,(H,12,13)(H,16,17). The van der Waals surface area contributed by atoms with Gasteiger partial charge >= 0.3 is 11.9 Å². The molecule has 0 saturated heterocycles. The van der Waals surface area contributed by atoms with Gasteiger partial charge in [-0.25, -0.2) is 9.78 Å². The summed E-state index contributed by atoms with van der Waals surface area (Å²) in [5.74, 6) is -1.95. The maximum absolute atomic E-state index is 11.3. The lowest BCUT2D eigenvalue weighted by molar-refractivity contribution is -0.142. The molecule has 7 nitrogen and oxygen atoms in total. The summed E-state index contributed by atoms with van der Waals surface area (Å²) in [6, 6.07) is 0. The SMILES string of the molecule is CCOC(=O)CCNc1nc(C(=O)O)c(C(C)=O)s1. The van der Waals surface area contributed by atoms with E-state index in [1.807, 2.05) is 0 Å². The Morgan fingerprint density at radius 2 is 2.11 bits per heavy atom. The van der Waals surface area contributed by atoms with Crippen molar-refractivity contribution in [3.8, 4) is 0 Å². The van der Waals surface area contributed by atoms with Crippen molar-refractivity contribution in [2.24, 2.45) is 0 Å². The Hall–Kier alpha value is -1.96. The van der Waals surface area contributed by atoms with Crippen LogP contribution in [0.15, 0.2) is 0 Å². The summed E-state index contributed by atoms with van der Waals surface area (Å²) < 4.78 is 4.74. The van der Waals surface area contributed by atoms with Crippen LogP contribution in [0.4, 0.5) is 5.13 Å². The Balaban J connectivity index is 2.65. The van der Waals surface area contributed by atoms with Crippen LogP contribution in [0.3, 0.4) is 0 Å². The molecule has 0 amide bonds. The molecule has 0 spiro atoms. The summed E-state index contributed by atoms with van der Waals surface area (Å²) in [5, 5.41) is 12.0. The number of ketones is 1. The number of nitrogens with one attached hydrogen (secondary N) is 1. The summed E-state index contributed by atoms with van der Waals surface area (Å²) in [6.07, 6.45) is 0.144. The maximum atomic E-state index is 11.3. The zero-order valence-electron chi connectivity index (χ0n) is 10.6. The molecular formula is C11H14N2O5S. The molecule has 0 aliphatic rings. The van der Waals surface area contributed by atoms with E-state index in [4.69, 9.17) is 9.84 Å². The van der Waals surface area contributed by atoms with Gasteiger partial charge in [-0.05, 0) is 6.92 Å². The molecule has 0 aliphatic carbocycles. The number of ether oxygens (including phenoxy) is 1. The zero-order valence-corrected chi connectivity index (χ0v) is 11.4. The van der Waals surface area contributed by atoms with E-state index < -0.39 is 5.97 Å². The summed E-state index contributed by atoms with van der Waals surface area (Å²) in [6.45, 7) is 3.57. The van der Waals surface area contributed by atoms with Crippen LogP contribution in [-0.2, 0) is 9.53 Å². The number of aromatic carboxylic acids is 1. The lowest BCUT2D eigenvalue weighted by Gasteiger charge is -2.02. The van der Waals surface area contributed by atoms with E-state index in [0.29, 0.717) is 11.7 Å². The van der Waals surface area contributed by atoms with Crippen LogP contribution in [-0.4, -0.2) is 41.0 Å². The van der Waals surface area contributed by atoms with E-state index in [-0.39, 0.29) is 35.3 Å². The van der Waals surface area contributed by atoms with E-state index in [1.54, 1.807) is 6.92 Å². The number of esters is 1. The number of nitrogens with zero attached hydrogens (tertiary/aromatic N) is 1. The van der Waals surface area contributed by atoms with Crippen molar-refractivity contribution in [1.82, 2.24) is 4.98 Å². The van der Waals surface area contributed by atoms with Crippen LogP contribution in [0.25, 0.3) is 0 Å². The highest BCUT2D eigenvalue weighted by molar-refractivity contribution is 7.17. The van der Waals surface area contributed by atoms with Gasteiger partial charge in [-0.2, -0.15) is 0 Å². The molecule has 1 heterocycles. The second-order valence-electron chi connectivity index (χ2n) is 3.54. The van der Waals surface area contributed by atoms with Crippen LogP contribution in [0.1, 0.15) is 40.4 Å². The Labute approximate surface area is 113 Å². The molecule has 0 saturated carbocycles. The maximum Gasteiger partial charge on any atom is 0.356 e. The summed E-state index contributed by atoms with van der Waals surface area (Å²) in [5.41, 5.74) is -0.267. The van der Waals surface area contributed by atoms with Crippen molar-refractivity contribution >= 4 is 34.2 Å². The Kier molecular flexibility index (Phi) is 5.43. The Morgan fingerprint density at radius 1 is 1.42 bits per heavy atom. The molecule has 0 radical (unpaired) electrons. The van der Waals surface area contributed by atoms with Crippen molar-refractivity contribution in [3.05, 3.63) is 10.6 Å². The first-order valence-corrected chi connectivity index (χ1v) is 6.41. The number of anilines is 1. The zero-order chi connectivity index (χ0) is 14.4. The van der Waals surface area contributed by atoms with E-state index >= 15 is 0 Å². The highest BCUT2D eigenvalue weighted by Gasteiger charge is 2.20. The first-order chi connectivity index (χ1) is 8.95. The van der Waals surface area contributed by atoms with Crippen LogP contribution in [0.5, 0.6) is 0 Å². The highest BCUT2D eigenvalue weighted by Crippen LogP contribution is 2.23. The lowest BCUT2D eigenvalue weighted by atomic mass is 10.3. The normalized spacial score (nSPS) is 10.0. The Morgan fingerprint density at radius 3 is 2.58 bits per heavy atom. The molecule has 2 N–H and O–H groups in total. The fourth-order valence-electron chi connectivity index (χ4n) is 1.28. The third kappa shape index (κ3) is 4.32. The van der Waals surface area contributed by atoms with Crippen molar-refractivity contribution in [2.75, 3.05) is 18.5 Å². The monoisotopic (exact) mass is 286 g/mol. The Bertz CT molecular complexity index is 466. The van der Waals surface area contributed by atoms with E-state index in [2.05, 4.69) is 10.3 Å². The van der Waals surface area contributed by atoms with Gasteiger partial charge in [-0.1, -0.05) is 11.3 Å². The number of hydrogen-bond acceptors (Lipinski definition) is 7. The van der Waals surface area contributed by atoms with Gasteiger partial charge in [0, 0.05) is 13.5 Å². The largest absolute Gasteiger partial charge is 0.476 e. The number of carboxylic acid groups (broad SMARTS) is 1. The molecule has 8 heteroatoms. The van der Waals surface area contributed by atoms with Gasteiger partial charge < -0.3 is 15.2 Å². The molecule has 0 aliphatic heterocycles. The number of Topliss-reactive ketones (excluding diaryl/α,β-unsaturated/α-hetero) is 1. The molecule has 1 aromatic rings. The first kappa shape index (κ1) is 15.1. The number of aromatic nitrogens is 1. The van der Waals surface area contributed by atoms with E-state index in [0.717, 1.165) is 11.3 Å². The van der Waals surface area contributed by atoms with Gasteiger partial charge in [-0.3, -0.25) is 9.59 Å². The fraction of sp³-hybridized carbons (Fsp3) is 0.455. The molecule has 1 aromatic heterocycles. The van der Waals surface area contributed by atoms with Crippen molar-refractivity contribution in [3.63, 3.8) is 0 Å². The molecule has 0 unspecified atom stereocenters. The molecule has 0 aromatic carbocycles. The van der Waals surface area contributed by atoms with E-state index in [9.17, 15) is 14.4 Å². The van der Waals surface area contributed by atoms with Crippen LogP contribution in [0, 0.1) is 0 Å². The number of rotatable bonds is 7. The minimum Gasteiger partial charge on any atom is -0.476 e. The quantitative estimate of drug-likeness (QED) is 0.576. The minimum atomic E-state index is -1.25. The van der Waals surface area contributed by atoms with Crippen molar-refractivity contribution in [2.45, 2.75) is 20.3 Å². The summed E-state index contributed by atoms with van der Waals surface area (Å²) in [4.78, 5) is 37.1. The third-order valence-corrected chi connectivity index (χ3v) is 3.17. The molecule has 0 bridgehead atoms. The van der Waals surface area contributed by atoms with Crippen molar-refractivity contribution in [1.29, 1.82) is 0 Å². The predicted molar refractivity (Wildman–Crippen MR) is 68.8 cm³/mol. The number of carbonyl (C=O) groups excluding carboxylic acids is 2. The second kappa shape index (κ2) is 6.83. The van der Waals surface area contributed by atoms with Crippen LogP contribution in [0.2, 0.25) is 0 Å². The topological polar surface area (TPSA) is 106 Å². The number of thiazole rings is 1. The lowest BCUT2D eigenvalue weighted by Crippen LogP contribution is -2.11. The van der Waals surface area contributed by atoms with Gasteiger partial charge in [0.25, 0.3) is 0 Å². The van der Waals surface area contributed by atoms with Crippen LogP contribution < -0.4 is 5.32 Å². The molecule has 0 atom stereocenters. The van der Waals surface area contributed by atoms with E-state index in [1.165, 1.54) is 6.92 Å². The second-order valence-corrected chi connectivity index (χ2v) is 4.54. The van der Waals surface area contributed by atoms with Gasteiger partial charge in [0.1, 0.15) is 4.88 Å². The third-order valence-electron chi connectivity index (χ3n) is 2.06. The van der Waals surface area contributed by atoms with Gasteiger partial charge in [0.2, 0.25) is 0 Å². The molecule has 104 valence electrons. The number of carbonyl (C=O) groups is 3. The molecule has 0 fully saturated rings.